The predicted molar refractivity (Wildman–Crippen MR) is 104 cm³/mol. The average molecular weight is 421 g/mol. The molecule has 1 aromatic rings. The molecule has 2 aliphatic rings. The van der Waals surface area contributed by atoms with Crippen molar-refractivity contribution in [1.29, 1.82) is 5.26 Å². The molecule has 3 rings (SSSR count). The number of hydrogen-bond donors (Lipinski definition) is 2. The van der Waals surface area contributed by atoms with Crippen LogP contribution in [0.5, 0.6) is 0 Å². The van der Waals surface area contributed by atoms with Crippen molar-refractivity contribution in [2.75, 3.05) is 16.8 Å². The van der Waals surface area contributed by atoms with Crippen LogP contribution in [0.25, 0.3) is 0 Å². The van der Waals surface area contributed by atoms with Crippen LogP contribution in [0.1, 0.15) is 18.9 Å². The Kier molecular flexibility index (Phi) is 5.44. The first kappa shape index (κ1) is 20.3. The number of halogens is 1. The summed E-state index contributed by atoms with van der Waals surface area (Å²) in [5.41, 5.74) is 1.92. The van der Waals surface area contributed by atoms with Gasteiger partial charge in [-0.2, -0.15) is 10.2 Å². The predicted octanol–water partition coefficient (Wildman–Crippen LogP) is 0.923. The fraction of sp³-hybridized carbons (Fsp3) is 0.316. The van der Waals surface area contributed by atoms with Crippen LogP contribution >= 0.6 is 11.6 Å². The molecule has 9 heteroatoms. The molecule has 7 nitrogen and oxygen atoms in total. The van der Waals surface area contributed by atoms with Crippen molar-refractivity contribution in [3.8, 4) is 6.07 Å². The van der Waals surface area contributed by atoms with Crippen molar-refractivity contribution in [2.24, 2.45) is 0 Å². The summed E-state index contributed by atoms with van der Waals surface area (Å²) in [7, 11) is -3.28. The zero-order chi connectivity index (χ0) is 20.6. The van der Waals surface area contributed by atoms with Crippen molar-refractivity contribution in [1.82, 2.24) is 0 Å². The summed E-state index contributed by atoms with van der Waals surface area (Å²) >= 11 is 5.95. The molecule has 0 aromatic heterocycles. The minimum Gasteiger partial charge on any atom is -0.360 e. The molecule has 0 aliphatic carbocycles. The number of carbonyl (C=O) groups is 2. The number of anilines is 1. The monoisotopic (exact) mass is 420 g/mol. The second-order valence-corrected chi connectivity index (χ2v) is 9.61. The SMILES string of the molecule is CC1=C(C#N)C(=O)[NH+]([C@@H]2CCS(=O)(=O)C2)C(=O)/C1=C/Nc1ccc(Cl)cc1C. The van der Waals surface area contributed by atoms with Crippen molar-refractivity contribution in [3.05, 3.63) is 51.7 Å². The van der Waals surface area contributed by atoms with Gasteiger partial charge in [-0.1, -0.05) is 11.6 Å². The van der Waals surface area contributed by atoms with E-state index in [1.807, 2.05) is 13.0 Å². The molecule has 2 N–H and O–H groups in total. The number of amides is 2. The maximum Gasteiger partial charge on any atom is 0.363 e. The van der Waals surface area contributed by atoms with E-state index in [4.69, 9.17) is 11.6 Å². The van der Waals surface area contributed by atoms with Crippen LogP contribution in [0.4, 0.5) is 5.69 Å². The van der Waals surface area contributed by atoms with Crippen molar-refractivity contribution >= 4 is 38.9 Å². The number of carbonyl (C=O) groups excluding carboxylic acids is 2. The van der Waals surface area contributed by atoms with Gasteiger partial charge in [-0.25, -0.2) is 18.0 Å². The van der Waals surface area contributed by atoms with Crippen LogP contribution in [0, 0.1) is 18.3 Å². The minimum atomic E-state index is -3.28. The molecule has 0 bridgehead atoms. The van der Waals surface area contributed by atoms with Crippen LogP contribution in [0.15, 0.2) is 41.1 Å². The minimum absolute atomic E-state index is 0.0619. The molecule has 28 heavy (non-hydrogen) atoms. The lowest BCUT2D eigenvalue weighted by Gasteiger charge is -2.25. The summed E-state index contributed by atoms with van der Waals surface area (Å²) < 4.78 is 23.6. The Labute approximate surface area is 168 Å². The van der Waals surface area contributed by atoms with E-state index >= 15 is 0 Å². The molecule has 1 saturated heterocycles. The lowest BCUT2D eigenvalue weighted by atomic mass is 9.94. The zero-order valence-corrected chi connectivity index (χ0v) is 16.9. The van der Waals surface area contributed by atoms with Crippen molar-refractivity contribution in [2.45, 2.75) is 26.3 Å². The molecule has 1 unspecified atom stereocenters. The van der Waals surface area contributed by atoms with Crippen LogP contribution in [0.2, 0.25) is 5.02 Å². The second-order valence-electron chi connectivity index (χ2n) is 6.95. The van der Waals surface area contributed by atoms with Gasteiger partial charge in [-0.15, -0.1) is 0 Å². The van der Waals surface area contributed by atoms with E-state index in [9.17, 15) is 23.3 Å². The number of benzene rings is 1. The summed E-state index contributed by atoms with van der Waals surface area (Å²) in [6.07, 6.45) is 1.67. The second kappa shape index (κ2) is 7.51. The molecule has 2 aliphatic heterocycles. The van der Waals surface area contributed by atoms with E-state index in [0.717, 1.165) is 11.3 Å². The zero-order valence-electron chi connectivity index (χ0n) is 15.4. The number of quaternary nitrogens is 1. The molecule has 146 valence electrons. The largest absolute Gasteiger partial charge is 0.363 e. The van der Waals surface area contributed by atoms with Gasteiger partial charge in [0.05, 0.1) is 5.75 Å². The molecule has 1 fully saturated rings. The van der Waals surface area contributed by atoms with Crippen LogP contribution in [-0.4, -0.2) is 37.8 Å². The molecule has 0 saturated carbocycles. The van der Waals surface area contributed by atoms with E-state index < -0.39 is 27.7 Å². The lowest BCUT2D eigenvalue weighted by Crippen LogP contribution is -3.21. The summed E-state index contributed by atoms with van der Waals surface area (Å²) in [6.45, 7) is 3.39. The fourth-order valence-electron chi connectivity index (χ4n) is 3.50. The van der Waals surface area contributed by atoms with Crippen LogP contribution in [0.3, 0.4) is 0 Å². The topological polar surface area (TPSA) is 109 Å². The van der Waals surface area contributed by atoms with Crippen LogP contribution < -0.4 is 10.2 Å². The van der Waals surface area contributed by atoms with Gasteiger partial charge in [0, 0.05) is 23.3 Å². The smallest absolute Gasteiger partial charge is 0.360 e. The molecular weight excluding hydrogens is 402 g/mol. The summed E-state index contributed by atoms with van der Waals surface area (Å²) in [6, 6.07) is 6.41. The van der Waals surface area contributed by atoms with Gasteiger partial charge in [0.2, 0.25) is 0 Å². The van der Waals surface area contributed by atoms with Gasteiger partial charge < -0.3 is 5.32 Å². The van der Waals surface area contributed by atoms with Gasteiger partial charge in [0.1, 0.15) is 23.4 Å². The lowest BCUT2D eigenvalue weighted by molar-refractivity contribution is -0.761. The third-order valence-electron chi connectivity index (χ3n) is 5.05. The van der Waals surface area contributed by atoms with Gasteiger partial charge in [-0.05, 0) is 43.2 Å². The van der Waals surface area contributed by atoms with Crippen molar-refractivity contribution in [3.63, 3.8) is 0 Å². The van der Waals surface area contributed by atoms with Gasteiger partial charge in [0.15, 0.2) is 15.4 Å². The summed E-state index contributed by atoms with van der Waals surface area (Å²) in [5, 5.41) is 13.0. The van der Waals surface area contributed by atoms with E-state index in [1.54, 1.807) is 25.1 Å². The van der Waals surface area contributed by atoms with Gasteiger partial charge in [-0.3, -0.25) is 0 Å². The van der Waals surface area contributed by atoms with E-state index in [0.29, 0.717) is 5.02 Å². The highest BCUT2D eigenvalue weighted by atomic mass is 35.5. The Hall–Kier alpha value is -2.47. The Morgan fingerprint density at radius 1 is 1.29 bits per heavy atom. The summed E-state index contributed by atoms with van der Waals surface area (Å²) in [5.74, 6) is -1.49. The highest BCUT2D eigenvalue weighted by molar-refractivity contribution is 7.91. The number of hydrogen-bond acceptors (Lipinski definition) is 6. The number of rotatable bonds is 3. The maximum atomic E-state index is 13.0. The van der Waals surface area contributed by atoms with Gasteiger partial charge in [0.25, 0.3) is 0 Å². The first-order chi connectivity index (χ1) is 13.1. The quantitative estimate of drug-likeness (QED) is 0.556. The van der Waals surface area contributed by atoms with Gasteiger partial charge >= 0.3 is 11.8 Å². The van der Waals surface area contributed by atoms with Crippen molar-refractivity contribution < 1.29 is 22.9 Å². The molecule has 2 atom stereocenters. The Morgan fingerprint density at radius 3 is 2.57 bits per heavy atom. The number of aryl methyl sites for hydroxylation is 1. The number of nitrogens with zero attached hydrogens (tertiary/aromatic N) is 1. The highest BCUT2D eigenvalue weighted by Gasteiger charge is 2.48. The standard InChI is InChI=1S/C19H18ClN3O4S/c1-11-7-13(20)3-4-17(11)22-9-16-12(2)15(8-21)18(24)23(19(16)25)14-5-6-28(26,27)10-14/h3-4,7,9,14,22H,5-6,10H2,1-2H3/p+1/b16-9+/t14-/m1/s1. The first-order valence-electron chi connectivity index (χ1n) is 8.65. The Bertz CT molecular complexity index is 1080. The fourth-order valence-corrected chi connectivity index (χ4v) is 5.48. The molecule has 2 heterocycles. The first-order valence-corrected chi connectivity index (χ1v) is 10.9. The third kappa shape index (κ3) is 3.74. The number of nitriles is 1. The number of nitrogens with one attached hydrogen (secondary N) is 2. The Morgan fingerprint density at radius 2 is 2.00 bits per heavy atom. The molecule has 0 radical (unpaired) electrons. The molecular formula is C19H19ClN3O4S+. The van der Waals surface area contributed by atoms with Crippen LogP contribution in [-0.2, 0) is 19.4 Å². The molecule has 2 amide bonds. The number of sulfone groups is 1. The highest BCUT2D eigenvalue weighted by Crippen LogP contribution is 2.23. The number of imide groups is 1. The third-order valence-corrected chi connectivity index (χ3v) is 7.06. The normalized spacial score (nSPS) is 25.9. The maximum absolute atomic E-state index is 13.0. The van der Waals surface area contributed by atoms with E-state index in [1.165, 1.54) is 6.20 Å². The Balaban J connectivity index is 1.99. The van der Waals surface area contributed by atoms with E-state index in [-0.39, 0.29) is 39.5 Å². The molecule has 1 aromatic carbocycles. The average Bonchev–Trinajstić information content (AvgIpc) is 2.96. The summed E-state index contributed by atoms with van der Waals surface area (Å²) in [4.78, 5) is 25.6. The van der Waals surface area contributed by atoms with E-state index in [2.05, 4.69) is 5.32 Å². The molecule has 0 spiro atoms.